The molecule has 1 aliphatic heterocycles. The normalized spacial score (nSPS) is 27.7. The van der Waals surface area contributed by atoms with E-state index in [1.807, 2.05) is 20.8 Å². The molecule has 0 bridgehead atoms. The largest absolute Gasteiger partial charge is 0.481 e. The number of aliphatic carboxylic acids is 1. The fraction of sp³-hybridized carbons (Fsp3) is 0.846. The zero-order chi connectivity index (χ0) is 13.9. The molecule has 0 aromatic rings. The van der Waals surface area contributed by atoms with Crippen molar-refractivity contribution < 1.29 is 14.7 Å². The minimum atomic E-state index is -0.758. The second-order valence-electron chi connectivity index (χ2n) is 5.58. The predicted octanol–water partition coefficient (Wildman–Crippen LogP) is 0.931. The maximum absolute atomic E-state index is 12.4. The molecule has 1 heterocycles. The minimum absolute atomic E-state index is 0.000851. The first-order valence-corrected chi connectivity index (χ1v) is 6.58. The first kappa shape index (κ1) is 15.0. The Morgan fingerprint density at radius 2 is 2.11 bits per heavy atom. The standard InChI is InChI=1S/C13H24N2O3/c1-4-13(3,8-14)12(18)15-6-5-10(11(16)17)9(2)7-15/h9-10H,4-8,14H2,1-3H3,(H,16,17). The summed E-state index contributed by atoms with van der Waals surface area (Å²) < 4.78 is 0. The molecule has 1 fully saturated rings. The van der Waals surface area contributed by atoms with Crippen LogP contribution in [0.25, 0.3) is 0 Å². The van der Waals surface area contributed by atoms with Gasteiger partial charge in [0.1, 0.15) is 0 Å². The molecule has 0 aliphatic carbocycles. The van der Waals surface area contributed by atoms with Crippen LogP contribution in [0.1, 0.15) is 33.6 Å². The Kier molecular flexibility index (Phi) is 4.73. The van der Waals surface area contributed by atoms with Gasteiger partial charge < -0.3 is 15.7 Å². The Balaban J connectivity index is 2.72. The van der Waals surface area contributed by atoms with Gasteiger partial charge in [-0.15, -0.1) is 0 Å². The summed E-state index contributed by atoms with van der Waals surface area (Å²) in [6.45, 7) is 7.10. The van der Waals surface area contributed by atoms with E-state index in [-0.39, 0.29) is 17.7 Å². The van der Waals surface area contributed by atoms with E-state index in [0.717, 1.165) is 0 Å². The first-order valence-electron chi connectivity index (χ1n) is 6.58. The smallest absolute Gasteiger partial charge is 0.306 e. The Labute approximate surface area is 108 Å². The van der Waals surface area contributed by atoms with E-state index >= 15 is 0 Å². The minimum Gasteiger partial charge on any atom is -0.481 e. The quantitative estimate of drug-likeness (QED) is 0.783. The monoisotopic (exact) mass is 256 g/mol. The van der Waals surface area contributed by atoms with Gasteiger partial charge in [-0.05, 0) is 25.7 Å². The van der Waals surface area contributed by atoms with E-state index in [1.165, 1.54) is 0 Å². The highest BCUT2D eigenvalue weighted by Gasteiger charge is 2.38. The van der Waals surface area contributed by atoms with Gasteiger partial charge in [-0.2, -0.15) is 0 Å². The lowest BCUT2D eigenvalue weighted by Gasteiger charge is -2.39. The molecule has 18 heavy (non-hydrogen) atoms. The molecule has 3 atom stereocenters. The molecule has 0 spiro atoms. The van der Waals surface area contributed by atoms with Crippen LogP contribution in [0, 0.1) is 17.3 Å². The molecule has 1 saturated heterocycles. The Hall–Kier alpha value is -1.10. The van der Waals surface area contributed by atoms with Crippen molar-refractivity contribution in [1.29, 1.82) is 0 Å². The van der Waals surface area contributed by atoms with E-state index in [0.29, 0.717) is 32.5 Å². The number of carboxylic acid groups (broad SMARTS) is 1. The lowest BCUT2D eigenvalue weighted by molar-refractivity contribution is -0.151. The van der Waals surface area contributed by atoms with Crippen molar-refractivity contribution in [2.45, 2.75) is 33.6 Å². The summed E-state index contributed by atoms with van der Waals surface area (Å²) in [7, 11) is 0. The second kappa shape index (κ2) is 5.69. The van der Waals surface area contributed by atoms with Gasteiger partial charge in [0.15, 0.2) is 0 Å². The summed E-state index contributed by atoms with van der Waals surface area (Å²) in [5, 5.41) is 9.06. The number of carbonyl (C=O) groups is 2. The predicted molar refractivity (Wildman–Crippen MR) is 68.9 cm³/mol. The summed E-state index contributed by atoms with van der Waals surface area (Å²) in [5.74, 6) is -1.03. The Morgan fingerprint density at radius 3 is 2.50 bits per heavy atom. The molecule has 1 aliphatic rings. The number of piperidine rings is 1. The molecule has 3 unspecified atom stereocenters. The maximum atomic E-state index is 12.4. The van der Waals surface area contributed by atoms with Gasteiger partial charge in [-0.3, -0.25) is 9.59 Å². The summed E-state index contributed by atoms with van der Waals surface area (Å²) in [6, 6.07) is 0. The third-order valence-electron chi connectivity index (χ3n) is 4.26. The highest BCUT2D eigenvalue weighted by Crippen LogP contribution is 2.29. The lowest BCUT2D eigenvalue weighted by Crippen LogP contribution is -2.51. The third-order valence-corrected chi connectivity index (χ3v) is 4.26. The lowest BCUT2D eigenvalue weighted by atomic mass is 9.82. The number of rotatable bonds is 4. The topological polar surface area (TPSA) is 83.6 Å². The molecule has 1 amide bonds. The zero-order valence-corrected chi connectivity index (χ0v) is 11.5. The molecule has 0 saturated carbocycles. The molecule has 0 aromatic carbocycles. The van der Waals surface area contributed by atoms with E-state index in [9.17, 15) is 9.59 Å². The van der Waals surface area contributed by atoms with Gasteiger partial charge in [0.25, 0.3) is 0 Å². The summed E-state index contributed by atoms with van der Waals surface area (Å²) in [4.78, 5) is 25.2. The molecule has 0 aromatic heterocycles. The SMILES string of the molecule is CCC(C)(CN)C(=O)N1CCC(C(=O)O)C(C)C1. The number of amides is 1. The number of hydrogen-bond acceptors (Lipinski definition) is 3. The van der Waals surface area contributed by atoms with Crippen molar-refractivity contribution in [2.24, 2.45) is 23.0 Å². The van der Waals surface area contributed by atoms with Gasteiger partial charge in [0, 0.05) is 19.6 Å². The van der Waals surface area contributed by atoms with Crippen LogP contribution in [0.3, 0.4) is 0 Å². The summed E-state index contributed by atoms with van der Waals surface area (Å²) >= 11 is 0. The molecule has 104 valence electrons. The van der Waals surface area contributed by atoms with E-state index < -0.39 is 11.4 Å². The first-order chi connectivity index (χ1) is 8.35. The van der Waals surface area contributed by atoms with Crippen molar-refractivity contribution >= 4 is 11.9 Å². The van der Waals surface area contributed by atoms with Crippen molar-refractivity contribution in [3.05, 3.63) is 0 Å². The van der Waals surface area contributed by atoms with Crippen LogP contribution in [-0.2, 0) is 9.59 Å². The van der Waals surface area contributed by atoms with Crippen LogP contribution in [0.4, 0.5) is 0 Å². The molecule has 5 nitrogen and oxygen atoms in total. The number of carbonyl (C=O) groups excluding carboxylic acids is 1. The van der Waals surface area contributed by atoms with Gasteiger partial charge in [-0.1, -0.05) is 13.8 Å². The van der Waals surface area contributed by atoms with Gasteiger partial charge in [-0.25, -0.2) is 0 Å². The van der Waals surface area contributed by atoms with Crippen LogP contribution in [0.2, 0.25) is 0 Å². The Morgan fingerprint density at radius 1 is 1.50 bits per heavy atom. The molecule has 0 radical (unpaired) electrons. The fourth-order valence-corrected chi connectivity index (χ4v) is 2.46. The molecule has 5 heteroatoms. The highest BCUT2D eigenvalue weighted by molar-refractivity contribution is 5.83. The second-order valence-corrected chi connectivity index (χ2v) is 5.58. The fourth-order valence-electron chi connectivity index (χ4n) is 2.46. The van der Waals surface area contributed by atoms with Crippen LogP contribution in [0.5, 0.6) is 0 Å². The van der Waals surface area contributed by atoms with E-state index in [1.54, 1.807) is 4.90 Å². The van der Waals surface area contributed by atoms with Gasteiger partial charge in [0.2, 0.25) is 5.91 Å². The van der Waals surface area contributed by atoms with Crippen LogP contribution < -0.4 is 5.73 Å². The van der Waals surface area contributed by atoms with Crippen molar-refractivity contribution in [1.82, 2.24) is 4.90 Å². The molecule has 1 rings (SSSR count). The zero-order valence-electron chi connectivity index (χ0n) is 11.5. The van der Waals surface area contributed by atoms with Crippen molar-refractivity contribution in [3.8, 4) is 0 Å². The number of carboxylic acids is 1. The van der Waals surface area contributed by atoms with Gasteiger partial charge >= 0.3 is 5.97 Å². The van der Waals surface area contributed by atoms with Crippen LogP contribution >= 0.6 is 0 Å². The number of nitrogens with zero attached hydrogens (tertiary/aromatic N) is 1. The number of likely N-dealkylation sites (tertiary alicyclic amines) is 1. The van der Waals surface area contributed by atoms with E-state index in [2.05, 4.69) is 0 Å². The van der Waals surface area contributed by atoms with E-state index in [4.69, 9.17) is 10.8 Å². The molecular weight excluding hydrogens is 232 g/mol. The van der Waals surface area contributed by atoms with Crippen molar-refractivity contribution in [3.63, 3.8) is 0 Å². The van der Waals surface area contributed by atoms with Crippen LogP contribution in [-0.4, -0.2) is 41.5 Å². The average molecular weight is 256 g/mol. The van der Waals surface area contributed by atoms with Gasteiger partial charge in [0.05, 0.1) is 11.3 Å². The molecular formula is C13H24N2O3. The maximum Gasteiger partial charge on any atom is 0.306 e. The number of nitrogens with two attached hydrogens (primary N) is 1. The Bertz CT molecular complexity index is 326. The van der Waals surface area contributed by atoms with Crippen molar-refractivity contribution in [2.75, 3.05) is 19.6 Å². The number of hydrogen-bond donors (Lipinski definition) is 2. The average Bonchev–Trinajstić information content (AvgIpc) is 2.36. The summed E-state index contributed by atoms with van der Waals surface area (Å²) in [6.07, 6.45) is 1.24. The highest BCUT2D eigenvalue weighted by atomic mass is 16.4. The van der Waals surface area contributed by atoms with Crippen LogP contribution in [0.15, 0.2) is 0 Å². The summed E-state index contributed by atoms with van der Waals surface area (Å²) in [5.41, 5.74) is 5.18. The molecule has 3 N–H and O–H groups in total. The third kappa shape index (κ3) is 2.83.